The van der Waals surface area contributed by atoms with Gasteiger partial charge in [0.25, 0.3) is 0 Å². The fourth-order valence-corrected chi connectivity index (χ4v) is 3.20. The van der Waals surface area contributed by atoms with E-state index >= 15 is 0 Å². The Hall–Kier alpha value is -1.50. The van der Waals surface area contributed by atoms with E-state index in [1.807, 2.05) is 20.8 Å². The van der Waals surface area contributed by atoms with Crippen LogP contribution in [0.3, 0.4) is 0 Å². The van der Waals surface area contributed by atoms with Crippen LogP contribution in [0.25, 0.3) is 0 Å². The molecule has 138 valence electrons. The lowest BCUT2D eigenvalue weighted by atomic mass is 9.97. The van der Waals surface area contributed by atoms with Crippen molar-refractivity contribution < 1.29 is 19.1 Å². The fraction of sp³-hybridized carbons (Fsp3) is 0.882. The molecular weight excluding hydrogens is 310 g/mol. The number of cyclic esters (lactones) is 1. The molecule has 7 nitrogen and oxygen atoms in total. The van der Waals surface area contributed by atoms with Gasteiger partial charge in [-0.2, -0.15) is 0 Å². The minimum Gasteiger partial charge on any atom is -0.448 e. The predicted molar refractivity (Wildman–Crippen MR) is 90.9 cm³/mol. The Kier molecular flexibility index (Phi) is 6.32. The normalized spacial score (nSPS) is 22.4. The summed E-state index contributed by atoms with van der Waals surface area (Å²) in [5, 5.41) is 0. The quantitative estimate of drug-likeness (QED) is 0.765. The molecule has 2 aliphatic rings. The molecule has 0 aliphatic carbocycles. The van der Waals surface area contributed by atoms with E-state index in [0.717, 1.165) is 32.5 Å². The van der Waals surface area contributed by atoms with Crippen molar-refractivity contribution in [1.82, 2.24) is 14.7 Å². The summed E-state index contributed by atoms with van der Waals surface area (Å²) in [6.45, 7) is 11.1. The molecule has 0 radical (unpaired) electrons. The standard InChI is InChI=1S/C17H31N3O4/c1-17(2,3)24-15(21)18(4)12-14-6-5-7-19(13-14)8-9-20-10-11-23-16(20)22/h14H,5-13H2,1-4H3/t14-/m0/s1. The molecule has 2 amide bonds. The molecule has 0 aromatic heterocycles. The number of rotatable bonds is 5. The van der Waals surface area contributed by atoms with E-state index in [0.29, 0.717) is 32.2 Å². The average molecular weight is 341 g/mol. The van der Waals surface area contributed by atoms with Crippen LogP contribution in [0.2, 0.25) is 0 Å². The van der Waals surface area contributed by atoms with Crippen LogP contribution in [-0.4, -0.2) is 85.4 Å². The van der Waals surface area contributed by atoms with Gasteiger partial charge in [-0.15, -0.1) is 0 Å². The zero-order valence-corrected chi connectivity index (χ0v) is 15.4. The summed E-state index contributed by atoms with van der Waals surface area (Å²) in [6, 6.07) is 0. The smallest absolute Gasteiger partial charge is 0.410 e. The Labute approximate surface area is 144 Å². The highest BCUT2D eigenvalue weighted by Crippen LogP contribution is 2.18. The van der Waals surface area contributed by atoms with Crippen molar-refractivity contribution in [2.24, 2.45) is 5.92 Å². The van der Waals surface area contributed by atoms with Gasteiger partial charge in [0, 0.05) is 33.2 Å². The molecule has 0 saturated carbocycles. The molecular formula is C17H31N3O4. The fourth-order valence-electron chi connectivity index (χ4n) is 3.20. The van der Waals surface area contributed by atoms with Gasteiger partial charge in [0.15, 0.2) is 0 Å². The maximum Gasteiger partial charge on any atom is 0.410 e. The Morgan fingerprint density at radius 2 is 2.08 bits per heavy atom. The van der Waals surface area contributed by atoms with Gasteiger partial charge in [-0.3, -0.25) is 0 Å². The molecule has 2 rings (SSSR count). The number of carbonyl (C=O) groups is 2. The van der Waals surface area contributed by atoms with Crippen LogP contribution in [0.15, 0.2) is 0 Å². The number of ether oxygens (including phenoxy) is 2. The zero-order chi connectivity index (χ0) is 17.7. The van der Waals surface area contributed by atoms with E-state index in [2.05, 4.69) is 4.90 Å². The maximum absolute atomic E-state index is 12.1. The molecule has 0 aromatic carbocycles. The summed E-state index contributed by atoms with van der Waals surface area (Å²) in [6.07, 6.45) is 1.78. The maximum atomic E-state index is 12.1. The van der Waals surface area contributed by atoms with Crippen molar-refractivity contribution in [3.05, 3.63) is 0 Å². The first kappa shape index (κ1) is 18.8. The van der Waals surface area contributed by atoms with Crippen LogP contribution in [0, 0.1) is 5.92 Å². The number of piperidine rings is 1. The third-order valence-electron chi connectivity index (χ3n) is 4.37. The third kappa shape index (κ3) is 5.85. The van der Waals surface area contributed by atoms with Gasteiger partial charge in [0.1, 0.15) is 12.2 Å². The van der Waals surface area contributed by atoms with Gasteiger partial charge in [-0.1, -0.05) is 0 Å². The van der Waals surface area contributed by atoms with Gasteiger partial charge in [0.05, 0.1) is 6.54 Å². The van der Waals surface area contributed by atoms with Gasteiger partial charge >= 0.3 is 12.2 Å². The van der Waals surface area contributed by atoms with Crippen LogP contribution >= 0.6 is 0 Å². The van der Waals surface area contributed by atoms with Crippen molar-refractivity contribution in [2.45, 2.75) is 39.2 Å². The number of nitrogens with zero attached hydrogens (tertiary/aromatic N) is 3. The first-order valence-corrected chi connectivity index (χ1v) is 8.83. The second kappa shape index (κ2) is 8.05. The van der Waals surface area contributed by atoms with Crippen LogP contribution in [0.1, 0.15) is 33.6 Å². The van der Waals surface area contributed by atoms with Crippen LogP contribution in [0.4, 0.5) is 9.59 Å². The molecule has 24 heavy (non-hydrogen) atoms. The molecule has 0 unspecified atom stereocenters. The summed E-state index contributed by atoms with van der Waals surface area (Å²) in [7, 11) is 1.80. The van der Waals surface area contributed by atoms with Gasteiger partial charge in [-0.25, -0.2) is 9.59 Å². The molecule has 0 N–H and O–H groups in total. The largest absolute Gasteiger partial charge is 0.448 e. The topological polar surface area (TPSA) is 62.3 Å². The van der Waals surface area contributed by atoms with E-state index in [1.165, 1.54) is 0 Å². The highest BCUT2D eigenvalue weighted by atomic mass is 16.6. The van der Waals surface area contributed by atoms with Gasteiger partial charge in [-0.05, 0) is 46.1 Å². The minimum absolute atomic E-state index is 0.201. The summed E-state index contributed by atoms with van der Waals surface area (Å²) in [5.74, 6) is 0.446. The molecule has 7 heteroatoms. The summed E-state index contributed by atoms with van der Waals surface area (Å²) < 4.78 is 10.4. The molecule has 0 spiro atoms. The molecule has 2 aliphatic heterocycles. The van der Waals surface area contributed by atoms with Gasteiger partial charge < -0.3 is 24.2 Å². The van der Waals surface area contributed by atoms with E-state index in [4.69, 9.17) is 9.47 Å². The molecule has 0 aromatic rings. The second-order valence-electron chi connectivity index (χ2n) is 7.77. The van der Waals surface area contributed by atoms with Crippen molar-refractivity contribution >= 4 is 12.2 Å². The molecule has 1 atom stereocenters. The summed E-state index contributed by atoms with van der Waals surface area (Å²) >= 11 is 0. The summed E-state index contributed by atoms with van der Waals surface area (Å²) in [4.78, 5) is 29.4. The number of hydrogen-bond acceptors (Lipinski definition) is 5. The first-order valence-electron chi connectivity index (χ1n) is 8.83. The predicted octanol–water partition coefficient (Wildman–Crippen LogP) is 2.02. The van der Waals surface area contributed by atoms with E-state index in [9.17, 15) is 9.59 Å². The number of hydrogen-bond donors (Lipinski definition) is 0. The molecule has 2 heterocycles. The highest BCUT2D eigenvalue weighted by molar-refractivity contribution is 5.69. The molecule has 2 fully saturated rings. The first-order chi connectivity index (χ1) is 11.2. The lowest BCUT2D eigenvalue weighted by Crippen LogP contribution is -2.45. The Morgan fingerprint density at radius 1 is 1.33 bits per heavy atom. The summed E-state index contributed by atoms with van der Waals surface area (Å²) in [5.41, 5.74) is -0.464. The van der Waals surface area contributed by atoms with Gasteiger partial charge in [0.2, 0.25) is 0 Å². The van der Waals surface area contributed by atoms with E-state index < -0.39 is 5.60 Å². The molecule has 2 saturated heterocycles. The Balaban J connectivity index is 1.74. The van der Waals surface area contributed by atoms with Crippen molar-refractivity contribution in [3.8, 4) is 0 Å². The van der Waals surface area contributed by atoms with Crippen molar-refractivity contribution in [1.29, 1.82) is 0 Å². The van der Waals surface area contributed by atoms with E-state index in [1.54, 1.807) is 16.8 Å². The second-order valence-corrected chi connectivity index (χ2v) is 7.77. The number of amides is 2. The Bertz CT molecular complexity index is 450. The zero-order valence-electron chi connectivity index (χ0n) is 15.4. The SMILES string of the molecule is CN(C[C@@H]1CCCN(CCN2CCOC2=O)C1)C(=O)OC(C)(C)C. The average Bonchev–Trinajstić information content (AvgIpc) is 2.89. The monoisotopic (exact) mass is 341 g/mol. The number of carbonyl (C=O) groups excluding carboxylic acids is 2. The van der Waals surface area contributed by atoms with Crippen LogP contribution in [0.5, 0.6) is 0 Å². The Morgan fingerprint density at radius 3 is 2.71 bits per heavy atom. The number of likely N-dealkylation sites (tertiary alicyclic amines) is 1. The van der Waals surface area contributed by atoms with Crippen molar-refractivity contribution in [3.63, 3.8) is 0 Å². The minimum atomic E-state index is -0.464. The highest BCUT2D eigenvalue weighted by Gasteiger charge is 2.27. The van der Waals surface area contributed by atoms with Crippen molar-refractivity contribution in [2.75, 3.05) is 52.9 Å². The lowest BCUT2D eigenvalue weighted by molar-refractivity contribution is 0.0242. The molecule has 0 bridgehead atoms. The lowest BCUT2D eigenvalue weighted by Gasteiger charge is -2.35. The third-order valence-corrected chi connectivity index (χ3v) is 4.37. The van der Waals surface area contributed by atoms with E-state index in [-0.39, 0.29) is 12.2 Å². The van der Waals surface area contributed by atoms with Crippen LogP contribution in [-0.2, 0) is 9.47 Å². The van der Waals surface area contributed by atoms with Crippen LogP contribution < -0.4 is 0 Å².